The summed E-state index contributed by atoms with van der Waals surface area (Å²) < 4.78 is 1.63. The maximum Gasteiger partial charge on any atom is 0.188 e. The van der Waals surface area contributed by atoms with Gasteiger partial charge in [-0.1, -0.05) is 37.0 Å². The Balaban J connectivity index is 1.59. The fourth-order valence-electron chi connectivity index (χ4n) is 3.61. The predicted molar refractivity (Wildman–Crippen MR) is 112 cm³/mol. The van der Waals surface area contributed by atoms with Gasteiger partial charge < -0.3 is 16.8 Å². The summed E-state index contributed by atoms with van der Waals surface area (Å²) in [6.45, 7) is 2.62. The number of nitriles is 1. The van der Waals surface area contributed by atoms with E-state index in [1.54, 1.807) is 4.68 Å². The maximum atomic E-state index is 9.49. The highest BCUT2D eigenvalue weighted by Crippen LogP contribution is 2.22. The van der Waals surface area contributed by atoms with Gasteiger partial charge in [0.1, 0.15) is 17.5 Å². The molecule has 1 heterocycles. The topological polar surface area (TPSA) is 118 Å². The van der Waals surface area contributed by atoms with Crippen molar-refractivity contribution in [1.29, 1.82) is 5.26 Å². The predicted octanol–water partition coefficient (Wildman–Crippen LogP) is 2.80. The second-order valence-corrected chi connectivity index (χ2v) is 7.42. The fourth-order valence-corrected chi connectivity index (χ4v) is 3.61. The molecule has 148 valence electrons. The molecular formula is C21H29N7. The fraction of sp³-hybridized carbons (Fsp3) is 0.476. The van der Waals surface area contributed by atoms with Crippen LogP contribution in [0.15, 0.2) is 29.3 Å². The molecule has 0 bridgehead atoms. The van der Waals surface area contributed by atoms with Crippen LogP contribution in [0.3, 0.4) is 0 Å². The smallest absolute Gasteiger partial charge is 0.188 e. The number of aliphatic imine (C=N–C) groups is 1. The van der Waals surface area contributed by atoms with Gasteiger partial charge in [-0.05, 0) is 44.7 Å². The maximum absolute atomic E-state index is 9.49. The first-order valence-corrected chi connectivity index (χ1v) is 9.99. The van der Waals surface area contributed by atoms with Crippen molar-refractivity contribution in [3.8, 4) is 11.8 Å². The SMILES string of the molecule is Cc1ccc(-n2nc(CCCN=C(N)NC3CCCCC3)c(C#N)c2N)cc1. The summed E-state index contributed by atoms with van der Waals surface area (Å²) in [5.41, 5.74) is 15.3. The largest absolute Gasteiger partial charge is 0.382 e. The summed E-state index contributed by atoms with van der Waals surface area (Å²) in [6.07, 6.45) is 7.54. The quantitative estimate of drug-likeness (QED) is 0.405. The molecular weight excluding hydrogens is 350 g/mol. The summed E-state index contributed by atoms with van der Waals surface area (Å²) in [6, 6.07) is 10.5. The monoisotopic (exact) mass is 379 g/mol. The average molecular weight is 380 g/mol. The van der Waals surface area contributed by atoms with Gasteiger partial charge in [0.05, 0.1) is 11.4 Å². The number of hydrogen-bond donors (Lipinski definition) is 3. The van der Waals surface area contributed by atoms with Crippen LogP contribution in [0.2, 0.25) is 0 Å². The molecule has 0 aliphatic heterocycles. The number of guanidine groups is 1. The van der Waals surface area contributed by atoms with E-state index in [2.05, 4.69) is 21.5 Å². The van der Waals surface area contributed by atoms with Crippen molar-refractivity contribution in [2.24, 2.45) is 10.7 Å². The molecule has 3 rings (SSSR count). The normalized spacial score (nSPS) is 15.4. The van der Waals surface area contributed by atoms with E-state index >= 15 is 0 Å². The first kappa shape index (κ1) is 19.7. The summed E-state index contributed by atoms with van der Waals surface area (Å²) in [5, 5.41) is 17.4. The van der Waals surface area contributed by atoms with Gasteiger partial charge in [-0.25, -0.2) is 4.68 Å². The summed E-state index contributed by atoms with van der Waals surface area (Å²) in [5.74, 6) is 0.889. The highest BCUT2D eigenvalue weighted by Gasteiger charge is 2.16. The minimum atomic E-state index is 0.378. The van der Waals surface area contributed by atoms with Crippen LogP contribution in [0.25, 0.3) is 5.69 Å². The lowest BCUT2D eigenvalue weighted by atomic mass is 9.96. The van der Waals surface area contributed by atoms with E-state index in [0.29, 0.717) is 42.0 Å². The number of nitrogen functional groups attached to an aromatic ring is 1. The van der Waals surface area contributed by atoms with E-state index in [1.807, 2.05) is 31.2 Å². The van der Waals surface area contributed by atoms with Crippen LogP contribution in [0, 0.1) is 18.3 Å². The Bertz CT molecular complexity index is 852. The van der Waals surface area contributed by atoms with Crippen LogP contribution in [0.5, 0.6) is 0 Å². The Morgan fingerprint density at radius 3 is 2.68 bits per heavy atom. The molecule has 0 amide bonds. The van der Waals surface area contributed by atoms with Crippen LogP contribution in [-0.2, 0) is 6.42 Å². The Hall–Kier alpha value is -3.01. The second-order valence-electron chi connectivity index (χ2n) is 7.42. The third-order valence-electron chi connectivity index (χ3n) is 5.19. The van der Waals surface area contributed by atoms with Gasteiger partial charge in [0.15, 0.2) is 5.96 Å². The third-order valence-corrected chi connectivity index (χ3v) is 5.19. The van der Waals surface area contributed by atoms with E-state index in [9.17, 15) is 5.26 Å². The van der Waals surface area contributed by atoms with Crippen LogP contribution >= 0.6 is 0 Å². The van der Waals surface area contributed by atoms with E-state index in [4.69, 9.17) is 11.5 Å². The zero-order valence-corrected chi connectivity index (χ0v) is 16.5. The van der Waals surface area contributed by atoms with Crippen molar-refractivity contribution < 1.29 is 0 Å². The molecule has 1 aliphatic carbocycles. The average Bonchev–Trinajstić information content (AvgIpc) is 3.02. The highest BCUT2D eigenvalue weighted by atomic mass is 15.3. The summed E-state index contributed by atoms with van der Waals surface area (Å²) in [7, 11) is 0. The van der Waals surface area contributed by atoms with Crippen LogP contribution in [-0.4, -0.2) is 28.3 Å². The van der Waals surface area contributed by atoms with Crippen molar-refractivity contribution in [2.75, 3.05) is 12.3 Å². The summed E-state index contributed by atoms with van der Waals surface area (Å²) in [4.78, 5) is 4.42. The molecule has 0 atom stereocenters. The van der Waals surface area contributed by atoms with Crippen molar-refractivity contribution in [3.05, 3.63) is 41.1 Å². The lowest BCUT2D eigenvalue weighted by Crippen LogP contribution is -2.41. The van der Waals surface area contributed by atoms with E-state index < -0.39 is 0 Å². The Kier molecular flexibility index (Phi) is 6.53. The van der Waals surface area contributed by atoms with Crippen LogP contribution in [0.1, 0.15) is 55.3 Å². The van der Waals surface area contributed by atoms with Gasteiger partial charge in [0.25, 0.3) is 0 Å². The summed E-state index contributed by atoms with van der Waals surface area (Å²) >= 11 is 0. The molecule has 7 heteroatoms. The van der Waals surface area contributed by atoms with E-state index in [1.165, 1.54) is 19.3 Å². The van der Waals surface area contributed by atoms with Gasteiger partial charge in [-0.15, -0.1) is 0 Å². The number of benzene rings is 1. The Labute approximate surface area is 166 Å². The van der Waals surface area contributed by atoms with E-state index in [0.717, 1.165) is 30.5 Å². The third kappa shape index (κ3) is 4.83. The number of anilines is 1. The van der Waals surface area contributed by atoms with Gasteiger partial charge in [0.2, 0.25) is 0 Å². The molecule has 2 aromatic rings. The van der Waals surface area contributed by atoms with Gasteiger partial charge in [-0.3, -0.25) is 4.99 Å². The minimum absolute atomic E-state index is 0.378. The highest BCUT2D eigenvalue weighted by molar-refractivity contribution is 5.78. The molecule has 0 saturated heterocycles. The molecule has 1 fully saturated rings. The molecule has 0 unspecified atom stereocenters. The molecule has 1 saturated carbocycles. The number of nitrogens with zero attached hydrogens (tertiary/aromatic N) is 4. The standard InChI is InChI=1S/C21H29N7/c1-15-9-11-17(12-10-15)28-20(23)18(14-22)19(27-28)8-5-13-25-21(24)26-16-6-3-2-4-7-16/h9-12,16H,2-8,13,23H2,1H3,(H3,24,25,26). The molecule has 0 spiro atoms. The van der Waals surface area contributed by atoms with Gasteiger partial charge in [-0.2, -0.15) is 10.4 Å². The van der Waals surface area contributed by atoms with Gasteiger partial charge in [0, 0.05) is 12.6 Å². The van der Waals surface area contributed by atoms with Crippen LogP contribution in [0.4, 0.5) is 5.82 Å². The molecule has 7 nitrogen and oxygen atoms in total. The number of nitrogens with one attached hydrogen (secondary N) is 1. The second kappa shape index (κ2) is 9.27. The Morgan fingerprint density at radius 1 is 1.29 bits per heavy atom. The van der Waals surface area contributed by atoms with Crippen molar-refractivity contribution >= 4 is 11.8 Å². The lowest BCUT2D eigenvalue weighted by molar-refractivity contribution is 0.412. The molecule has 0 radical (unpaired) electrons. The first-order valence-electron chi connectivity index (χ1n) is 9.99. The number of aromatic nitrogens is 2. The van der Waals surface area contributed by atoms with E-state index in [-0.39, 0.29) is 0 Å². The molecule has 28 heavy (non-hydrogen) atoms. The van der Waals surface area contributed by atoms with Crippen LogP contribution < -0.4 is 16.8 Å². The van der Waals surface area contributed by atoms with Crippen molar-refractivity contribution in [2.45, 2.75) is 57.9 Å². The van der Waals surface area contributed by atoms with Crippen molar-refractivity contribution in [3.63, 3.8) is 0 Å². The molecule has 5 N–H and O–H groups in total. The number of rotatable bonds is 6. The van der Waals surface area contributed by atoms with Crippen molar-refractivity contribution in [1.82, 2.24) is 15.1 Å². The number of nitrogens with two attached hydrogens (primary N) is 2. The molecule has 1 aliphatic rings. The zero-order chi connectivity index (χ0) is 19.9. The van der Waals surface area contributed by atoms with Gasteiger partial charge >= 0.3 is 0 Å². The number of aryl methyl sites for hydroxylation is 2. The molecule has 1 aromatic carbocycles. The lowest BCUT2D eigenvalue weighted by Gasteiger charge is -2.23. The number of hydrogen-bond acceptors (Lipinski definition) is 4. The minimum Gasteiger partial charge on any atom is -0.382 e. The molecule has 1 aromatic heterocycles. The first-order chi connectivity index (χ1) is 13.6. The zero-order valence-electron chi connectivity index (χ0n) is 16.5. The Morgan fingerprint density at radius 2 is 2.00 bits per heavy atom.